The number of aliphatic hydroxyl groups excluding tert-OH is 5. The van der Waals surface area contributed by atoms with Gasteiger partial charge in [0.05, 0.1) is 13.2 Å². The molecule has 0 aliphatic carbocycles. The predicted molar refractivity (Wildman–Crippen MR) is 121 cm³/mol. The van der Waals surface area contributed by atoms with Crippen LogP contribution < -0.4 is 4.74 Å². The van der Waals surface area contributed by atoms with Gasteiger partial charge >= 0.3 is 0 Å². The Bertz CT molecular complexity index is 891. The molecule has 0 saturated carbocycles. The van der Waals surface area contributed by atoms with Gasteiger partial charge in [0.15, 0.2) is 6.29 Å². The van der Waals surface area contributed by atoms with Crippen LogP contribution in [0, 0.1) is 0 Å². The van der Waals surface area contributed by atoms with Crippen LogP contribution in [0.25, 0.3) is 0 Å². The molecule has 33 heavy (non-hydrogen) atoms. The Labute approximate surface area is 197 Å². The van der Waals surface area contributed by atoms with Crippen LogP contribution in [0.5, 0.6) is 5.75 Å². The summed E-state index contributed by atoms with van der Waals surface area (Å²) in [5.41, 5.74) is 2.37. The molecule has 3 rings (SSSR count). The van der Waals surface area contributed by atoms with Crippen LogP contribution in [0.4, 0.5) is 0 Å². The first-order valence-electron chi connectivity index (χ1n) is 10.9. The number of halogens is 1. The highest BCUT2D eigenvalue weighted by Gasteiger charge is 2.46. The van der Waals surface area contributed by atoms with Crippen molar-refractivity contribution in [1.29, 1.82) is 0 Å². The van der Waals surface area contributed by atoms with E-state index >= 15 is 0 Å². The molecule has 1 aliphatic rings. The lowest BCUT2D eigenvalue weighted by Crippen LogP contribution is -2.57. The van der Waals surface area contributed by atoms with Crippen molar-refractivity contribution < 1.29 is 39.7 Å². The monoisotopic (exact) mass is 482 g/mol. The first-order valence-corrected chi connectivity index (χ1v) is 11.3. The van der Waals surface area contributed by atoms with Crippen LogP contribution in [0.15, 0.2) is 42.5 Å². The second-order valence-electron chi connectivity index (χ2n) is 8.10. The molecule has 0 spiro atoms. The van der Waals surface area contributed by atoms with Crippen molar-refractivity contribution in [1.82, 2.24) is 0 Å². The van der Waals surface area contributed by atoms with Gasteiger partial charge in [-0.2, -0.15) is 0 Å². The Morgan fingerprint density at radius 1 is 1.06 bits per heavy atom. The van der Waals surface area contributed by atoms with Crippen molar-refractivity contribution in [3.8, 4) is 5.75 Å². The minimum atomic E-state index is -1.63. The first-order chi connectivity index (χ1) is 15.7. The molecule has 182 valence electrons. The summed E-state index contributed by atoms with van der Waals surface area (Å²) in [7, 11) is 0. The summed E-state index contributed by atoms with van der Waals surface area (Å²) in [6.07, 6.45) is -8.46. The second kappa shape index (κ2) is 11.6. The van der Waals surface area contributed by atoms with Gasteiger partial charge in [-0.1, -0.05) is 35.9 Å². The van der Waals surface area contributed by atoms with Gasteiger partial charge in [0.2, 0.25) is 0 Å². The molecule has 7 atom stereocenters. The van der Waals surface area contributed by atoms with E-state index in [2.05, 4.69) is 0 Å². The van der Waals surface area contributed by atoms with Crippen LogP contribution in [-0.2, 0) is 15.9 Å². The molecule has 0 amide bonds. The minimum absolute atomic E-state index is 0.522. The van der Waals surface area contributed by atoms with E-state index in [1.807, 2.05) is 31.2 Å². The van der Waals surface area contributed by atoms with Crippen molar-refractivity contribution in [2.75, 3.05) is 13.2 Å². The van der Waals surface area contributed by atoms with E-state index in [1.165, 1.54) is 6.92 Å². The summed E-state index contributed by atoms with van der Waals surface area (Å²) in [4.78, 5) is 0. The van der Waals surface area contributed by atoms with Gasteiger partial charge in [-0.25, -0.2) is 0 Å². The van der Waals surface area contributed by atoms with E-state index in [0.29, 0.717) is 23.6 Å². The third-order valence-corrected chi connectivity index (χ3v) is 5.97. The van der Waals surface area contributed by atoms with Gasteiger partial charge in [-0.3, -0.25) is 0 Å². The predicted octanol–water partition coefficient (Wildman–Crippen LogP) is 1.57. The van der Waals surface area contributed by atoms with Crippen LogP contribution in [0.2, 0.25) is 5.02 Å². The molecule has 2 aromatic rings. The summed E-state index contributed by atoms with van der Waals surface area (Å²) in [5.74, 6) is 0.777. The van der Waals surface area contributed by atoms with Gasteiger partial charge in [-0.05, 0) is 55.2 Å². The summed E-state index contributed by atoms with van der Waals surface area (Å²) < 4.78 is 16.6. The molecule has 0 bridgehead atoms. The Kier molecular flexibility index (Phi) is 9.09. The summed E-state index contributed by atoms with van der Waals surface area (Å²) in [6.45, 7) is 3.29. The van der Waals surface area contributed by atoms with Crippen LogP contribution in [0.3, 0.4) is 0 Å². The first kappa shape index (κ1) is 25.9. The third-order valence-electron chi connectivity index (χ3n) is 5.60. The maximum atomic E-state index is 10.9. The summed E-state index contributed by atoms with van der Waals surface area (Å²) in [5, 5.41) is 51.0. The maximum Gasteiger partial charge on any atom is 0.181 e. The quantitative estimate of drug-likeness (QED) is 0.341. The highest BCUT2D eigenvalue weighted by Crippen LogP contribution is 2.36. The number of hydrogen-bond donors (Lipinski definition) is 5. The normalized spacial score (nSPS) is 27.2. The third kappa shape index (κ3) is 6.23. The molecule has 1 heterocycles. The number of benzene rings is 2. The molecule has 1 unspecified atom stereocenters. The standard InChI is InChI=1S/C24H31ClO8/c1-3-31-17-7-4-14(5-8-17)10-16-11-15(6-9-18(16)25)22-21(29)23(33-24(30)13(2)27)20(28)19(12-26)32-22/h4-9,11,13,19-24,26-30H,3,10,12H2,1-2H3/t13-,19+,20+,21-,22-,23-,24?/m0/s1. The molecule has 2 aromatic carbocycles. The molecule has 8 nitrogen and oxygen atoms in total. The highest BCUT2D eigenvalue weighted by atomic mass is 35.5. The van der Waals surface area contributed by atoms with E-state index in [1.54, 1.807) is 18.2 Å². The van der Waals surface area contributed by atoms with Gasteiger partial charge in [0.25, 0.3) is 0 Å². The molecule has 0 aromatic heterocycles. The Balaban J connectivity index is 1.84. The zero-order chi connectivity index (χ0) is 24.1. The van der Waals surface area contributed by atoms with Crippen molar-refractivity contribution >= 4 is 11.6 Å². The number of hydrogen-bond acceptors (Lipinski definition) is 8. The lowest BCUT2D eigenvalue weighted by Gasteiger charge is -2.43. The molecule has 0 radical (unpaired) electrons. The highest BCUT2D eigenvalue weighted by molar-refractivity contribution is 6.31. The topological polar surface area (TPSA) is 129 Å². The minimum Gasteiger partial charge on any atom is -0.494 e. The zero-order valence-corrected chi connectivity index (χ0v) is 19.3. The van der Waals surface area contributed by atoms with Crippen LogP contribution >= 0.6 is 11.6 Å². The molecule has 1 aliphatic heterocycles. The Morgan fingerprint density at radius 2 is 1.76 bits per heavy atom. The number of aliphatic hydroxyl groups is 5. The van der Waals surface area contributed by atoms with E-state index in [4.69, 9.17) is 25.8 Å². The van der Waals surface area contributed by atoms with E-state index < -0.39 is 49.5 Å². The summed E-state index contributed by atoms with van der Waals surface area (Å²) >= 11 is 6.42. The van der Waals surface area contributed by atoms with Gasteiger partial charge in [0, 0.05) is 5.02 Å². The molecule has 1 fully saturated rings. The maximum absolute atomic E-state index is 10.9. The van der Waals surface area contributed by atoms with E-state index in [0.717, 1.165) is 16.9 Å². The van der Waals surface area contributed by atoms with Crippen molar-refractivity contribution in [2.24, 2.45) is 0 Å². The smallest absolute Gasteiger partial charge is 0.181 e. The molecule has 9 heteroatoms. The van der Waals surface area contributed by atoms with Crippen LogP contribution in [0.1, 0.15) is 36.6 Å². The molecular weight excluding hydrogens is 452 g/mol. The summed E-state index contributed by atoms with van der Waals surface area (Å²) in [6, 6.07) is 12.8. The van der Waals surface area contributed by atoms with Crippen molar-refractivity contribution in [2.45, 2.75) is 63.2 Å². The average molecular weight is 483 g/mol. The Morgan fingerprint density at radius 3 is 2.36 bits per heavy atom. The fourth-order valence-corrected chi connectivity index (χ4v) is 3.98. The number of ether oxygens (including phenoxy) is 3. The fourth-order valence-electron chi connectivity index (χ4n) is 3.79. The van der Waals surface area contributed by atoms with Crippen molar-refractivity contribution in [3.63, 3.8) is 0 Å². The molecule has 5 N–H and O–H groups in total. The fraction of sp³-hybridized carbons (Fsp3) is 0.500. The lowest BCUT2D eigenvalue weighted by molar-refractivity contribution is -0.287. The largest absolute Gasteiger partial charge is 0.494 e. The van der Waals surface area contributed by atoms with Gasteiger partial charge in [0.1, 0.15) is 42.4 Å². The number of rotatable bonds is 9. The van der Waals surface area contributed by atoms with Gasteiger partial charge < -0.3 is 39.7 Å². The van der Waals surface area contributed by atoms with Crippen molar-refractivity contribution in [3.05, 3.63) is 64.2 Å². The molecular formula is C24H31ClO8. The zero-order valence-electron chi connectivity index (χ0n) is 18.5. The SMILES string of the molecule is CCOc1ccc(Cc2cc([C@@H]3O[C@H](CO)[C@@H](O)[C@H](OC(O)[C@H](C)O)[C@H]3O)ccc2Cl)cc1. The average Bonchev–Trinajstić information content (AvgIpc) is 2.79. The lowest BCUT2D eigenvalue weighted by atomic mass is 9.90. The molecule has 1 saturated heterocycles. The van der Waals surface area contributed by atoms with Gasteiger partial charge in [-0.15, -0.1) is 0 Å². The van der Waals surface area contributed by atoms with Crippen LogP contribution in [-0.4, -0.2) is 75.6 Å². The second-order valence-corrected chi connectivity index (χ2v) is 8.50. The van der Waals surface area contributed by atoms with E-state index in [9.17, 15) is 25.5 Å². The Hall–Kier alpha value is -1.75. The van der Waals surface area contributed by atoms with E-state index in [-0.39, 0.29) is 0 Å².